The molecular formula is C31H45N7O4. The molecule has 42 heavy (non-hydrogen) atoms. The van der Waals surface area contributed by atoms with E-state index in [4.69, 9.17) is 29.2 Å². The van der Waals surface area contributed by atoms with E-state index >= 15 is 0 Å². The number of ether oxygens (including phenoxy) is 3. The maximum absolute atomic E-state index is 12.0. The summed E-state index contributed by atoms with van der Waals surface area (Å²) in [5.74, 6) is 4.57. The van der Waals surface area contributed by atoms with Crippen LogP contribution < -0.4 is 20.9 Å². The normalized spacial score (nSPS) is 26.3. The van der Waals surface area contributed by atoms with Gasteiger partial charge >= 0.3 is 0 Å². The Morgan fingerprint density at radius 2 is 1.45 bits per heavy atom. The number of aromatic nitrogens is 3. The Hall–Kier alpha value is -3.02. The fourth-order valence-corrected chi connectivity index (χ4v) is 7.69. The Morgan fingerprint density at radius 3 is 2.12 bits per heavy atom. The van der Waals surface area contributed by atoms with Crippen molar-refractivity contribution in [3.63, 3.8) is 0 Å². The molecular weight excluding hydrogens is 534 g/mol. The monoisotopic (exact) mass is 579 g/mol. The fourth-order valence-electron chi connectivity index (χ4n) is 7.69. The van der Waals surface area contributed by atoms with Gasteiger partial charge in [0.2, 0.25) is 17.8 Å². The van der Waals surface area contributed by atoms with Crippen molar-refractivity contribution in [3.05, 3.63) is 35.9 Å². The number of nitrogens with one attached hydrogen (secondary N) is 3. The zero-order chi connectivity index (χ0) is 28.6. The lowest BCUT2D eigenvalue weighted by atomic mass is 9.49. The highest BCUT2D eigenvalue weighted by Crippen LogP contribution is 2.59. The number of carbonyl (C=O) groups is 1. The summed E-state index contributed by atoms with van der Waals surface area (Å²) in [5.41, 5.74) is 1.05. The largest absolute Gasteiger partial charge is 0.378 e. The van der Waals surface area contributed by atoms with Crippen molar-refractivity contribution in [3.8, 4) is 0 Å². The van der Waals surface area contributed by atoms with Crippen molar-refractivity contribution in [2.75, 3.05) is 87.9 Å². The number of amides is 1. The molecule has 1 aliphatic heterocycles. The summed E-state index contributed by atoms with van der Waals surface area (Å²) in [6.07, 6.45) is 8.38. The van der Waals surface area contributed by atoms with Gasteiger partial charge in [-0.2, -0.15) is 15.0 Å². The number of nitrogens with zero attached hydrogens (tertiary/aromatic N) is 4. The molecule has 3 N–H and O–H groups in total. The Kier molecular flexibility index (Phi) is 9.67. The first kappa shape index (κ1) is 29.1. The van der Waals surface area contributed by atoms with Crippen LogP contribution in [0.2, 0.25) is 0 Å². The van der Waals surface area contributed by atoms with E-state index in [0.717, 1.165) is 37.4 Å². The van der Waals surface area contributed by atoms with Crippen molar-refractivity contribution in [2.45, 2.75) is 38.5 Å². The second-order valence-corrected chi connectivity index (χ2v) is 12.4. The molecule has 4 saturated carbocycles. The molecule has 1 amide bonds. The summed E-state index contributed by atoms with van der Waals surface area (Å²) in [6.45, 7) is 6.77. The molecule has 5 aliphatic rings. The quantitative estimate of drug-likeness (QED) is 0.271. The van der Waals surface area contributed by atoms with Crippen molar-refractivity contribution >= 4 is 23.8 Å². The Labute approximate surface area is 248 Å². The predicted molar refractivity (Wildman–Crippen MR) is 161 cm³/mol. The minimum Gasteiger partial charge on any atom is -0.378 e. The van der Waals surface area contributed by atoms with E-state index in [-0.39, 0.29) is 5.91 Å². The molecule has 4 bridgehead atoms. The highest BCUT2D eigenvalue weighted by atomic mass is 16.5. The van der Waals surface area contributed by atoms with Gasteiger partial charge in [0.1, 0.15) is 0 Å². The molecule has 1 aromatic carbocycles. The molecule has 7 rings (SSSR count). The van der Waals surface area contributed by atoms with E-state index < -0.39 is 0 Å². The van der Waals surface area contributed by atoms with Gasteiger partial charge in [0.25, 0.3) is 5.91 Å². The average molecular weight is 580 g/mol. The van der Waals surface area contributed by atoms with E-state index in [1.807, 2.05) is 18.2 Å². The van der Waals surface area contributed by atoms with Crippen LogP contribution in [-0.2, 0) is 14.2 Å². The average Bonchev–Trinajstić information content (AvgIpc) is 3.01. The number of morpholine rings is 1. The van der Waals surface area contributed by atoms with Gasteiger partial charge in [0.05, 0.1) is 39.6 Å². The molecule has 2 heterocycles. The standard InChI is InChI=1S/C31H45N7O4/c39-27(26-4-2-1-3-5-26)32-6-10-40-14-15-41-11-7-33-28-35-29(37-30(36-28)38-8-12-42-13-9-38)34-22-31-19-23-16-24(20-31)18-25(17-23)21-31/h1-5,23-25H,6-22H2,(H,32,39)(H2,33,34,35,36,37). The van der Waals surface area contributed by atoms with Crippen LogP contribution in [0.4, 0.5) is 17.8 Å². The predicted octanol–water partition coefficient (Wildman–Crippen LogP) is 3.21. The van der Waals surface area contributed by atoms with Gasteiger partial charge in [-0.05, 0) is 73.8 Å². The Bertz CT molecular complexity index is 1130. The molecule has 5 fully saturated rings. The van der Waals surface area contributed by atoms with Crippen molar-refractivity contribution in [1.29, 1.82) is 0 Å². The maximum Gasteiger partial charge on any atom is 0.251 e. The number of carbonyl (C=O) groups excluding carboxylic acids is 1. The van der Waals surface area contributed by atoms with Gasteiger partial charge in [0.15, 0.2) is 0 Å². The van der Waals surface area contributed by atoms with Crippen molar-refractivity contribution in [1.82, 2.24) is 20.3 Å². The van der Waals surface area contributed by atoms with Crippen molar-refractivity contribution in [2.24, 2.45) is 23.2 Å². The summed E-state index contributed by atoms with van der Waals surface area (Å²) in [6, 6.07) is 9.17. The van der Waals surface area contributed by atoms with Crippen LogP contribution in [0.1, 0.15) is 48.9 Å². The highest BCUT2D eigenvalue weighted by Gasteiger charge is 2.50. The Balaban J connectivity index is 0.927. The molecule has 0 spiro atoms. The Morgan fingerprint density at radius 1 is 0.833 bits per heavy atom. The first-order valence-corrected chi connectivity index (χ1v) is 15.7. The summed E-state index contributed by atoms with van der Waals surface area (Å²) < 4.78 is 16.8. The van der Waals surface area contributed by atoms with Gasteiger partial charge in [-0.25, -0.2) is 0 Å². The number of hydrogen-bond donors (Lipinski definition) is 3. The smallest absolute Gasteiger partial charge is 0.251 e. The van der Waals surface area contributed by atoms with Gasteiger partial charge < -0.3 is 35.1 Å². The zero-order valence-corrected chi connectivity index (χ0v) is 24.6. The second-order valence-electron chi connectivity index (χ2n) is 12.4. The number of benzene rings is 1. The van der Waals surface area contributed by atoms with E-state index in [1.54, 1.807) is 12.1 Å². The summed E-state index contributed by atoms with van der Waals surface area (Å²) in [5, 5.41) is 9.82. The topological polar surface area (TPSA) is 123 Å². The minimum atomic E-state index is -0.0947. The van der Waals surface area contributed by atoms with E-state index in [2.05, 4.69) is 20.9 Å². The van der Waals surface area contributed by atoms with E-state index in [9.17, 15) is 4.79 Å². The zero-order valence-electron chi connectivity index (χ0n) is 24.6. The lowest BCUT2D eigenvalue weighted by molar-refractivity contribution is -0.0445. The van der Waals surface area contributed by atoms with Crippen LogP contribution in [0.15, 0.2) is 30.3 Å². The van der Waals surface area contributed by atoms with Crippen LogP contribution in [0.25, 0.3) is 0 Å². The highest BCUT2D eigenvalue weighted by molar-refractivity contribution is 5.94. The lowest BCUT2D eigenvalue weighted by Crippen LogP contribution is -2.49. The van der Waals surface area contributed by atoms with Crippen molar-refractivity contribution < 1.29 is 19.0 Å². The van der Waals surface area contributed by atoms with Crippen LogP contribution in [-0.4, -0.2) is 93.2 Å². The SMILES string of the molecule is O=C(NCCOCCOCCNc1nc(NCC23CC4CC(CC(C4)C2)C3)nc(N2CCOCC2)n1)c1ccccc1. The molecule has 228 valence electrons. The number of rotatable bonds is 15. The lowest BCUT2D eigenvalue weighted by Gasteiger charge is -2.56. The first-order chi connectivity index (χ1) is 20.6. The fraction of sp³-hybridized carbons (Fsp3) is 0.677. The maximum atomic E-state index is 12.0. The second kappa shape index (κ2) is 14.0. The third-order valence-electron chi connectivity index (χ3n) is 9.17. The van der Waals surface area contributed by atoms with Gasteiger partial charge in [0, 0.05) is 38.3 Å². The van der Waals surface area contributed by atoms with Crippen LogP contribution in [0.3, 0.4) is 0 Å². The summed E-state index contributed by atoms with van der Waals surface area (Å²) >= 11 is 0. The summed E-state index contributed by atoms with van der Waals surface area (Å²) in [4.78, 5) is 28.5. The third-order valence-corrected chi connectivity index (χ3v) is 9.17. The van der Waals surface area contributed by atoms with Gasteiger partial charge in [-0.1, -0.05) is 18.2 Å². The molecule has 0 atom stereocenters. The molecule has 2 aromatic rings. The first-order valence-electron chi connectivity index (χ1n) is 15.7. The number of hydrogen-bond acceptors (Lipinski definition) is 10. The third kappa shape index (κ3) is 7.67. The molecule has 0 radical (unpaired) electrons. The summed E-state index contributed by atoms with van der Waals surface area (Å²) in [7, 11) is 0. The molecule has 1 saturated heterocycles. The molecule has 0 unspecified atom stereocenters. The van der Waals surface area contributed by atoms with Gasteiger partial charge in [-0.3, -0.25) is 4.79 Å². The van der Waals surface area contributed by atoms with Crippen LogP contribution in [0, 0.1) is 23.2 Å². The van der Waals surface area contributed by atoms with Crippen LogP contribution in [0.5, 0.6) is 0 Å². The minimum absolute atomic E-state index is 0.0947. The van der Waals surface area contributed by atoms with Gasteiger partial charge in [-0.15, -0.1) is 0 Å². The van der Waals surface area contributed by atoms with Crippen LogP contribution >= 0.6 is 0 Å². The molecule has 11 nitrogen and oxygen atoms in total. The molecule has 4 aliphatic carbocycles. The van der Waals surface area contributed by atoms with E-state index in [1.165, 1.54) is 38.5 Å². The number of anilines is 3. The molecule has 1 aromatic heterocycles. The molecule has 11 heteroatoms. The van der Waals surface area contributed by atoms with E-state index in [0.29, 0.717) is 81.6 Å².